The van der Waals surface area contributed by atoms with Gasteiger partial charge in [-0.3, -0.25) is 4.79 Å². The lowest BCUT2D eigenvalue weighted by atomic mass is 10.1. The van der Waals surface area contributed by atoms with E-state index in [2.05, 4.69) is 10.3 Å². The van der Waals surface area contributed by atoms with Crippen molar-refractivity contribution in [3.63, 3.8) is 0 Å². The number of hydrogen-bond acceptors (Lipinski definition) is 2. The van der Waals surface area contributed by atoms with E-state index in [1.807, 2.05) is 30.5 Å². The normalized spacial score (nSPS) is 22.9. The molecule has 4 nitrogen and oxygen atoms in total. The maximum absolute atomic E-state index is 12.2. The summed E-state index contributed by atoms with van der Waals surface area (Å²) >= 11 is 0. The molecule has 112 valence electrons. The van der Waals surface area contributed by atoms with Crippen LogP contribution in [0.2, 0.25) is 0 Å². The van der Waals surface area contributed by atoms with Gasteiger partial charge in [0.25, 0.3) is 0 Å². The van der Waals surface area contributed by atoms with Crippen LogP contribution in [0.1, 0.15) is 37.7 Å². The lowest BCUT2D eigenvalue weighted by Gasteiger charge is -2.21. The summed E-state index contributed by atoms with van der Waals surface area (Å²) in [4.78, 5) is 15.4. The molecule has 3 rings (SSSR count). The number of hydrogen-bond donors (Lipinski definition) is 3. The van der Waals surface area contributed by atoms with Crippen molar-refractivity contribution < 1.29 is 9.90 Å². The van der Waals surface area contributed by atoms with E-state index in [9.17, 15) is 9.90 Å². The zero-order chi connectivity index (χ0) is 14.7. The van der Waals surface area contributed by atoms with Gasteiger partial charge < -0.3 is 15.4 Å². The van der Waals surface area contributed by atoms with Crippen LogP contribution in [0.4, 0.5) is 0 Å². The van der Waals surface area contributed by atoms with Crippen LogP contribution in [0, 0.1) is 0 Å². The predicted octanol–water partition coefficient (Wildman–Crippen LogP) is 2.52. The van der Waals surface area contributed by atoms with E-state index < -0.39 is 6.10 Å². The van der Waals surface area contributed by atoms with Crippen LogP contribution in [-0.2, 0) is 11.2 Å². The summed E-state index contributed by atoms with van der Waals surface area (Å²) in [5.74, 6) is -0.00861. The van der Waals surface area contributed by atoms with Crippen LogP contribution in [-0.4, -0.2) is 28.1 Å². The number of nitrogens with one attached hydrogen (secondary N) is 2. The van der Waals surface area contributed by atoms with Crippen LogP contribution in [0.5, 0.6) is 0 Å². The number of carbonyl (C=O) groups excluding carboxylic acids is 1. The fraction of sp³-hybridized carbons (Fsp3) is 0.471. The average Bonchev–Trinajstić information content (AvgIpc) is 2.77. The molecule has 1 saturated carbocycles. The summed E-state index contributed by atoms with van der Waals surface area (Å²) in [6.45, 7) is 0. The molecule has 1 aromatic carbocycles. The van der Waals surface area contributed by atoms with Gasteiger partial charge in [-0.25, -0.2) is 0 Å². The van der Waals surface area contributed by atoms with Gasteiger partial charge in [-0.1, -0.05) is 37.5 Å². The smallest absolute Gasteiger partial charge is 0.224 e. The van der Waals surface area contributed by atoms with Gasteiger partial charge in [0.15, 0.2) is 0 Å². The number of aromatic nitrogens is 1. The topological polar surface area (TPSA) is 65.1 Å². The molecule has 1 aromatic heterocycles. The first-order valence-corrected chi connectivity index (χ1v) is 7.76. The van der Waals surface area contributed by atoms with Gasteiger partial charge in [0, 0.05) is 17.1 Å². The predicted molar refractivity (Wildman–Crippen MR) is 83.0 cm³/mol. The highest BCUT2D eigenvalue weighted by molar-refractivity contribution is 5.88. The number of rotatable bonds is 3. The van der Waals surface area contributed by atoms with Crippen LogP contribution >= 0.6 is 0 Å². The average molecular weight is 286 g/mol. The highest BCUT2D eigenvalue weighted by Crippen LogP contribution is 2.20. The number of amides is 1. The van der Waals surface area contributed by atoms with Gasteiger partial charge in [0.05, 0.1) is 18.6 Å². The maximum atomic E-state index is 12.2. The second kappa shape index (κ2) is 6.31. The number of fused-ring (bicyclic) bond motifs is 1. The number of aliphatic hydroxyl groups excluding tert-OH is 1. The Balaban J connectivity index is 1.66. The molecule has 1 amide bonds. The Labute approximate surface area is 124 Å². The van der Waals surface area contributed by atoms with Gasteiger partial charge in [-0.15, -0.1) is 0 Å². The molecule has 0 aliphatic heterocycles. The number of benzene rings is 1. The molecule has 2 atom stereocenters. The van der Waals surface area contributed by atoms with Crippen LogP contribution in [0.3, 0.4) is 0 Å². The van der Waals surface area contributed by atoms with Crippen molar-refractivity contribution in [3.05, 3.63) is 36.0 Å². The minimum Gasteiger partial charge on any atom is -0.391 e. The van der Waals surface area contributed by atoms with Gasteiger partial charge in [-0.05, 0) is 24.5 Å². The molecule has 1 aliphatic carbocycles. The monoisotopic (exact) mass is 286 g/mol. The lowest BCUT2D eigenvalue weighted by Crippen LogP contribution is -2.43. The molecule has 21 heavy (non-hydrogen) atoms. The molecule has 4 heteroatoms. The Morgan fingerprint density at radius 1 is 1.24 bits per heavy atom. The first-order chi connectivity index (χ1) is 10.2. The lowest BCUT2D eigenvalue weighted by molar-refractivity contribution is -0.122. The fourth-order valence-electron chi connectivity index (χ4n) is 3.17. The maximum Gasteiger partial charge on any atom is 0.224 e. The molecule has 1 fully saturated rings. The molecule has 1 heterocycles. The third-order valence-corrected chi connectivity index (χ3v) is 4.35. The largest absolute Gasteiger partial charge is 0.391 e. The van der Waals surface area contributed by atoms with Crippen molar-refractivity contribution in [1.29, 1.82) is 0 Å². The first-order valence-electron chi connectivity index (χ1n) is 7.76. The Kier molecular flexibility index (Phi) is 4.25. The second-order valence-electron chi connectivity index (χ2n) is 5.92. The van der Waals surface area contributed by atoms with Crippen molar-refractivity contribution in [2.45, 2.75) is 50.7 Å². The quantitative estimate of drug-likeness (QED) is 0.759. The van der Waals surface area contributed by atoms with Crippen LogP contribution < -0.4 is 5.32 Å². The summed E-state index contributed by atoms with van der Waals surface area (Å²) in [5.41, 5.74) is 2.06. The molecule has 1 aliphatic rings. The highest BCUT2D eigenvalue weighted by atomic mass is 16.3. The minimum absolute atomic E-state index is 0.00861. The van der Waals surface area contributed by atoms with E-state index in [-0.39, 0.29) is 11.9 Å². The fourth-order valence-corrected chi connectivity index (χ4v) is 3.17. The molecular formula is C17H22N2O2. The number of aromatic amines is 1. The summed E-state index contributed by atoms with van der Waals surface area (Å²) in [5, 5.41) is 14.2. The van der Waals surface area contributed by atoms with Crippen LogP contribution in [0.15, 0.2) is 30.5 Å². The van der Waals surface area contributed by atoms with Crippen LogP contribution in [0.25, 0.3) is 10.9 Å². The molecule has 0 saturated heterocycles. The second-order valence-corrected chi connectivity index (χ2v) is 5.92. The highest BCUT2D eigenvalue weighted by Gasteiger charge is 2.23. The number of H-pyrrole nitrogens is 1. The van der Waals surface area contributed by atoms with Crippen molar-refractivity contribution >= 4 is 16.8 Å². The Hall–Kier alpha value is -1.81. The van der Waals surface area contributed by atoms with E-state index in [4.69, 9.17) is 0 Å². The third kappa shape index (κ3) is 3.27. The summed E-state index contributed by atoms with van der Waals surface area (Å²) in [6.07, 6.45) is 6.79. The van der Waals surface area contributed by atoms with Gasteiger partial charge >= 0.3 is 0 Å². The zero-order valence-electron chi connectivity index (χ0n) is 12.1. The van der Waals surface area contributed by atoms with E-state index in [0.717, 1.165) is 48.6 Å². The first kappa shape index (κ1) is 14.1. The van der Waals surface area contributed by atoms with Gasteiger partial charge in [0.2, 0.25) is 5.91 Å². The number of para-hydroxylation sites is 1. The molecule has 2 aromatic rings. The summed E-state index contributed by atoms with van der Waals surface area (Å²) in [6, 6.07) is 7.89. The third-order valence-electron chi connectivity index (χ3n) is 4.35. The SMILES string of the molecule is O=C(Cc1c[nH]c2ccccc12)NC1CCCCCC1O. The zero-order valence-corrected chi connectivity index (χ0v) is 12.1. The van der Waals surface area contributed by atoms with Crippen molar-refractivity contribution in [2.24, 2.45) is 0 Å². The van der Waals surface area contributed by atoms with Gasteiger partial charge in [-0.2, -0.15) is 0 Å². The summed E-state index contributed by atoms with van der Waals surface area (Å²) in [7, 11) is 0. The van der Waals surface area contributed by atoms with E-state index in [1.165, 1.54) is 0 Å². The standard InChI is InChI=1S/C17H22N2O2/c20-16-9-3-1-2-8-15(16)19-17(21)10-12-11-18-14-7-5-4-6-13(12)14/h4-7,11,15-16,18,20H,1-3,8-10H2,(H,19,21). The Bertz CT molecular complexity index is 620. The van der Waals surface area contributed by atoms with Crippen molar-refractivity contribution in [3.8, 4) is 0 Å². The Morgan fingerprint density at radius 2 is 2.05 bits per heavy atom. The number of carbonyl (C=O) groups is 1. The molecule has 0 bridgehead atoms. The van der Waals surface area contributed by atoms with E-state index >= 15 is 0 Å². The molecule has 2 unspecified atom stereocenters. The van der Waals surface area contributed by atoms with E-state index in [0.29, 0.717) is 6.42 Å². The molecular weight excluding hydrogens is 264 g/mol. The molecule has 3 N–H and O–H groups in total. The number of aliphatic hydroxyl groups is 1. The van der Waals surface area contributed by atoms with Gasteiger partial charge in [0.1, 0.15) is 0 Å². The van der Waals surface area contributed by atoms with Crippen molar-refractivity contribution in [2.75, 3.05) is 0 Å². The minimum atomic E-state index is -0.403. The van der Waals surface area contributed by atoms with Crippen molar-refractivity contribution in [1.82, 2.24) is 10.3 Å². The Morgan fingerprint density at radius 3 is 2.95 bits per heavy atom. The molecule has 0 radical (unpaired) electrons. The van der Waals surface area contributed by atoms with E-state index in [1.54, 1.807) is 0 Å². The summed E-state index contributed by atoms with van der Waals surface area (Å²) < 4.78 is 0. The molecule has 0 spiro atoms.